The van der Waals surface area contributed by atoms with Gasteiger partial charge < -0.3 is 9.30 Å². The van der Waals surface area contributed by atoms with E-state index in [4.69, 9.17) is 4.74 Å². The van der Waals surface area contributed by atoms with Crippen LogP contribution in [0.15, 0.2) is 77.6 Å². The molecule has 1 N–H and O–H groups in total. The van der Waals surface area contributed by atoms with Crippen LogP contribution in [0.2, 0.25) is 0 Å². The molecule has 0 saturated heterocycles. The maximum absolute atomic E-state index is 12.9. The number of benzene rings is 2. The molecule has 1 aliphatic heterocycles. The normalized spacial score (nSPS) is 20.9. The lowest BCUT2D eigenvalue weighted by atomic mass is 9.89. The maximum atomic E-state index is 12.9. The molecule has 3 atom stereocenters. The van der Waals surface area contributed by atoms with E-state index in [2.05, 4.69) is 22.9 Å². The first-order chi connectivity index (χ1) is 14.9. The van der Waals surface area contributed by atoms with Crippen molar-refractivity contribution in [2.24, 2.45) is 0 Å². The fourth-order valence-corrected chi connectivity index (χ4v) is 5.23. The van der Waals surface area contributed by atoms with Crippen LogP contribution in [0, 0.1) is 0 Å². The molecule has 4 rings (SSSR count). The van der Waals surface area contributed by atoms with E-state index in [9.17, 15) is 13.2 Å². The molecule has 6 nitrogen and oxygen atoms in total. The summed E-state index contributed by atoms with van der Waals surface area (Å²) in [5.74, 6) is 0. The van der Waals surface area contributed by atoms with Gasteiger partial charge in [-0.05, 0) is 35.6 Å². The molecule has 0 aliphatic carbocycles. The average molecular weight is 439 g/mol. The largest absolute Gasteiger partial charge is 0.375 e. The van der Waals surface area contributed by atoms with Crippen LogP contribution in [0.25, 0.3) is 11.1 Å². The third-order valence-corrected chi connectivity index (χ3v) is 6.48. The summed E-state index contributed by atoms with van der Waals surface area (Å²) >= 11 is 0. The van der Waals surface area contributed by atoms with Crippen LogP contribution in [0.4, 0.5) is 0 Å². The van der Waals surface area contributed by atoms with Gasteiger partial charge in [-0.15, -0.1) is 0 Å². The average Bonchev–Trinajstić information content (AvgIpc) is 2.75. The monoisotopic (exact) mass is 438 g/mol. The summed E-state index contributed by atoms with van der Waals surface area (Å²) in [6.07, 6.45) is 1.75. The Balaban J connectivity index is 1.76. The number of rotatable bonds is 6. The molecular formula is C24H26N2O4S. The van der Waals surface area contributed by atoms with E-state index < -0.39 is 16.1 Å². The molecule has 1 aliphatic rings. The number of hydrogen-bond acceptors (Lipinski definition) is 4. The minimum Gasteiger partial charge on any atom is -0.375 e. The highest BCUT2D eigenvalue weighted by Crippen LogP contribution is 2.35. The molecule has 0 spiro atoms. The van der Waals surface area contributed by atoms with Gasteiger partial charge in [-0.25, -0.2) is 13.1 Å². The first-order valence-electron chi connectivity index (χ1n) is 10.2. The quantitative estimate of drug-likeness (QED) is 0.641. The molecule has 0 fully saturated rings. The number of hydrogen-bond donors (Lipinski definition) is 1. The van der Waals surface area contributed by atoms with Crippen LogP contribution in [0.1, 0.15) is 29.8 Å². The molecule has 31 heavy (non-hydrogen) atoms. The van der Waals surface area contributed by atoms with Crippen LogP contribution in [-0.4, -0.2) is 32.4 Å². The number of ether oxygens (including phenoxy) is 1. The number of sulfonamides is 1. The lowest BCUT2D eigenvalue weighted by Crippen LogP contribution is -2.49. The standard InChI is InChI=1S/C24H26N2O4S/c1-30-23-16-20(25-31(2,28)29)22(26-21(23)12-7-13-24(26)27)15-17-8-6-11-19(14-17)18-9-4-3-5-10-18/h3-14,20,22-23,25H,15-16H2,1-2H3/t20-,22-,23-/m0/s1. The Morgan fingerprint density at radius 1 is 1.00 bits per heavy atom. The maximum Gasteiger partial charge on any atom is 0.251 e. The van der Waals surface area contributed by atoms with Gasteiger partial charge in [-0.3, -0.25) is 4.79 Å². The van der Waals surface area contributed by atoms with Gasteiger partial charge in [0, 0.05) is 19.2 Å². The minimum absolute atomic E-state index is 0.163. The topological polar surface area (TPSA) is 77.4 Å². The summed E-state index contributed by atoms with van der Waals surface area (Å²) < 4.78 is 34.2. The number of fused-ring (bicyclic) bond motifs is 1. The Labute approximate surface area is 182 Å². The van der Waals surface area contributed by atoms with Crippen molar-refractivity contribution >= 4 is 10.0 Å². The molecule has 2 heterocycles. The summed E-state index contributed by atoms with van der Waals surface area (Å²) in [5, 5.41) is 0. The second kappa shape index (κ2) is 8.78. The van der Waals surface area contributed by atoms with Gasteiger partial charge in [0.15, 0.2) is 0 Å². The van der Waals surface area contributed by atoms with Crippen LogP contribution in [-0.2, 0) is 21.2 Å². The summed E-state index contributed by atoms with van der Waals surface area (Å²) in [6.45, 7) is 0. The van der Waals surface area contributed by atoms with E-state index in [1.54, 1.807) is 17.7 Å². The van der Waals surface area contributed by atoms with Crippen LogP contribution >= 0.6 is 0 Å². The SMILES string of the molecule is CO[C@H]1C[C@H](NS(C)(=O)=O)[C@H](Cc2cccc(-c3ccccc3)c2)n2c1cccc2=O. The van der Waals surface area contributed by atoms with Crippen molar-refractivity contribution in [3.8, 4) is 11.1 Å². The smallest absolute Gasteiger partial charge is 0.251 e. The fraction of sp³-hybridized carbons (Fsp3) is 0.292. The van der Waals surface area contributed by atoms with Crippen molar-refractivity contribution in [1.82, 2.24) is 9.29 Å². The third kappa shape index (κ3) is 4.79. The molecule has 1 aromatic heterocycles. The Morgan fingerprint density at radius 3 is 2.42 bits per heavy atom. The highest BCUT2D eigenvalue weighted by Gasteiger charge is 2.37. The van der Waals surface area contributed by atoms with Gasteiger partial charge in [-0.1, -0.05) is 60.7 Å². The zero-order valence-corrected chi connectivity index (χ0v) is 18.4. The lowest BCUT2D eigenvalue weighted by molar-refractivity contribution is 0.0549. The summed E-state index contributed by atoms with van der Waals surface area (Å²) in [4.78, 5) is 12.9. The van der Waals surface area contributed by atoms with E-state index in [0.29, 0.717) is 12.8 Å². The second-order valence-electron chi connectivity index (χ2n) is 7.95. The molecule has 0 amide bonds. The minimum atomic E-state index is -3.47. The van der Waals surface area contributed by atoms with Crippen LogP contribution in [0.3, 0.4) is 0 Å². The molecule has 0 saturated carbocycles. The Morgan fingerprint density at radius 2 is 1.71 bits per heavy atom. The van der Waals surface area contributed by atoms with Crippen molar-refractivity contribution < 1.29 is 13.2 Å². The molecule has 7 heteroatoms. The number of nitrogens with zero attached hydrogens (tertiary/aromatic N) is 1. The van der Waals surface area contributed by atoms with Gasteiger partial charge in [0.25, 0.3) is 5.56 Å². The number of pyridine rings is 1. The highest BCUT2D eigenvalue weighted by molar-refractivity contribution is 7.88. The molecular weight excluding hydrogens is 412 g/mol. The predicted octanol–water partition coefficient (Wildman–Crippen LogP) is 3.31. The number of aromatic nitrogens is 1. The zero-order chi connectivity index (χ0) is 22.0. The molecule has 0 bridgehead atoms. The van der Waals surface area contributed by atoms with Gasteiger partial charge >= 0.3 is 0 Å². The van der Waals surface area contributed by atoms with E-state index in [-0.39, 0.29) is 17.7 Å². The first-order valence-corrected chi connectivity index (χ1v) is 12.1. The molecule has 162 valence electrons. The van der Waals surface area contributed by atoms with Crippen molar-refractivity contribution in [2.45, 2.75) is 31.0 Å². The Kier molecular flexibility index (Phi) is 6.09. The summed E-state index contributed by atoms with van der Waals surface area (Å²) in [6, 6.07) is 22.5. The van der Waals surface area contributed by atoms with Crippen LogP contribution < -0.4 is 10.3 Å². The highest BCUT2D eigenvalue weighted by atomic mass is 32.2. The van der Waals surface area contributed by atoms with Gasteiger partial charge in [0.1, 0.15) is 0 Å². The molecule has 3 aromatic rings. The van der Waals surface area contributed by atoms with E-state index in [1.807, 2.05) is 42.5 Å². The fourth-order valence-electron chi connectivity index (χ4n) is 4.42. The summed E-state index contributed by atoms with van der Waals surface area (Å²) in [5.41, 5.74) is 3.83. The van der Waals surface area contributed by atoms with Crippen LogP contribution in [0.5, 0.6) is 0 Å². The van der Waals surface area contributed by atoms with E-state index in [1.165, 1.54) is 6.07 Å². The molecule has 0 radical (unpaired) electrons. The summed E-state index contributed by atoms with van der Waals surface area (Å²) in [7, 11) is -1.89. The first kappa shape index (κ1) is 21.5. The molecule has 0 unspecified atom stereocenters. The second-order valence-corrected chi connectivity index (χ2v) is 9.73. The Hall–Kier alpha value is -2.74. The van der Waals surface area contributed by atoms with Crippen molar-refractivity contribution in [3.05, 3.63) is 94.4 Å². The van der Waals surface area contributed by atoms with Gasteiger partial charge in [0.2, 0.25) is 10.0 Å². The van der Waals surface area contributed by atoms with Crippen molar-refractivity contribution in [3.63, 3.8) is 0 Å². The number of nitrogens with one attached hydrogen (secondary N) is 1. The third-order valence-electron chi connectivity index (χ3n) is 5.74. The van der Waals surface area contributed by atoms with Crippen molar-refractivity contribution in [2.75, 3.05) is 13.4 Å². The molecule has 2 aromatic carbocycles. The van der Waals surface area contributed by atoms with Crippen molar-refractivity contribution in [1.29, 1.82) is 0 Å². The van der Waals surface area contributed by atoms with E-state index in [0.717, 1.165) is 28.6 Å². The lowest BCUT2D eigenvalue weighted by Gasteiger charge is -2.39. The number of methoxy groups -OCH3 is 1. The Bertz CT molecular complexity index is 1220. The predicted molar refractivity (Wildman–Crippen MR) is 121 cm³/mol. The van der Waals surface area contributed by atoms with Gasteiger partial charge in [0.05, 0.1) is 24.1 Å². The zero-order valence-electron chi connectivity index (χ0n) is 17.6. The van der Waals surface area contributed by atoms with Gasteiger partial charge in [-0.2, -0.15) is 0 Å². The van der Waals surface area contributed by atoms with E-state index >= 15 is 0 Å².